The first-order chi connectivity index (χ1) is 8.29. The molecule has 88 valence electrons. The van der Waals surface area contributed by atoms with Gasteiger partial charge in [-0.05, 0) is 37.6 Å². The predicted molar refractivity (Wildman–Crippen MR) is 67.9 cm³/mol. The molecule has 1 aliphatic rings. The lowest BCUT2D eigenvalue weighted by Gasteiger charge is -2.20. The van der Waals surface area contributed by atoms with Gasteiger partial charge in [-0.25, -0.2) is 0 Å². The van der Waals surface area contributed by atoms with Gasteiger partial charge in [0.25, 0.3) is 0 Å². The molecule has 0 saturated carbocycles. The van der Waals surface area contributed by atoms with Crippen molar-refractivity contribution in [1.29, 1.82) is 0 Å². The summed E-state index contributed by atoms with van der Waals surface area (Å²) in [6, 6.07) is 11.5. The number of benzene rings is 1. The third kappa shape index (κ3) is 1.67. The molecule has 0 fully saturated rings. The molecule has 1 aromatic heterocycles. The standard InChI is InChI=1S/C14H17N3/c1-10-7-8-17(16-10)13-9-11-5-3-4-6-12(11)14(13)15-2/h3-8,13-15H,9H2,1-2H3. The molecule has 3 heteroatoms. The van der Waals surface area contributed by atoms with Crippen molar-refractivity contribution in [2.45, 2.75) is 25.4 Å². The van der Waals surface area contributed by atoms with Gasteiger partial charge >= 0.3 is 0 Å². The normalized spacial score (nSPS) is 22.7. The Labute approximate surface area is 101 Å². The summed E-state index contributed by atoms with van der Waals surface area (Å²) in [5.41, 5.74) is 3.92. The summed E-state index contributed by atoms with van der Waals surface area (Å²) < 4.78 is 2.09. The number of likely N-dealkylation sites (N-methyl/N-ethyl adjacent to an activating group) is 1. The maximum Gasteiger partial charge on any atom is 0.0754 e. The van der Waals surface area contributed by atoms with Gasteiger partial charge in [0.15, 0.2) is 0 Å². The van der Waals surface area contributed by atoms with E-state index in [1.165, 1.54) is 11.1 Å². The third-order valence-electron chi connectivity index (χ3n) is 3.60. The smallest absolute Gasteiger partial charge is 0.0754 e. The van der Waals surface area contributed by atoms with Crippen LogP contribution in [0.3, 0.4) is 0 Å². The maximum absolute atomic E-state index is 4.55. The fourth-order valence-electron chi connectivity index (χ4n) is 2.79. The summed E-state index contributed by atoms with van der Waals surface area (Å²) in [6.45, 7) is 2.03. The van der Waals surface area contributed by atoms with Crippen molar-refractivity contribution in [2.24, 2.45) is 0 Å². The quantitative estimate of drug-likeness (QED) is 0.852. The maximum atomic E-state index is 4.55. The van der Waals surface area contributed by atoms with E-state index < -0.39 is 0 Å². The molecular formula is C14H17N3. The van der Waals surface area contributed by atoms with E-state index in [2.05, 4.69) is 51.6 Å². The van der Waals surface area contributed by atoms with Crippen LogP contribution in [-0.4, -0.2) is 16.8 Å². The first-order valence-electron chi connectivity index (χ1n) is 6.06. The Morgan fingerprint density at radius 3 is 2.82 bits per heavy atom. The van der Waals surface area contributed by atoms with Crippen LogP contribution >= 0.6 is 0 Å². The van der Waals surface area contributed by atoms with Crippen molar-refractivity contribution in [1.82, 2.24) is 15.1 Å². The number of nitrogens with zero attached hydrogens (tertiary/aromatic N) is 2. The molecular weight excluding hydrogens is 210 g/mol. The Morgan fingerprint density at radius 1 is 1.29 bits per heavy atom. The van der Waals surface area contributed by atoms with E-state index in [1.54, 1.807) is 0 Å². The molecule has 2 unspecified atom stereocenters. The van der Waals surface area contributed by atoms with Crippen LogP contribution in [0.1, 0.15) is 28.9 Å². The van der Waals surface area contributed by atoms with Gasteiger partial charge in [-0.2, -0.15) is 5.10 Å². The molecule has 3 nitrogen and oxygen atoms in total. The lowest BCUT2D eigenvalue weighted by molar-refractivity contribution is 0.370. The summed E-state index contributed by atoms with van der Waals surface area (Å²) >= 11 is 0. The highest BCUT2D eigenvalue weighted by Gasteiger charge is 2.32. The Hall–Kier alpha value is -1.61. The number of hydrogen-bond acceptors (Lipinski definition) is 2. The Bertz CT molecular complexity index is 530. The fourth-order valence-corrected chi connectivity index (χ4v) is 2.79. The number of aromatic nitrogens is 2. The van der Waals surface area contributed by atoms with Crippen LogP contribution in [-0.2, 0) is 6.42 Å². The summed E-state index contributed by atoms with van der Waals surface area (Å²) in [5, 5.41) is 7.97. The highest BCUT2D eigenvalue weighted by Crippen LogP contribution is 2.38. The molecule has 2 atom stereocenters. The average molecular weight is 227 g/mol. The predicted octanol–water partition coefficient (Wildman–Crippen LogP) is 2.25. The van der Waals surface area contributed by atoms with Gasteiger partial charge in [-0.3, -0.25) is 4.68 Å². The van der Waals surface area contributed by atoms with E-state index in [-0.39, 0.29) is 0 Å². The average Bonchev–Trinajstić information content (AvgIpc) is 2.91. The second kappa shape index (κ2) is 4.00. The molecule has 0 bridgehead atoms. The highest BCUT2D eigenvalue weighted by atomic mass is 15.3. The molecule has 2 aromatic rings. The van der Waals surface area contributed by atoms with Crippen LogP contribution in [0.15, 0.2) is 36.5 Å². The number of rotatable bonds is 2. The zero-order valence-electron chi connectivity index (χ0n) is 10.2. The molecule has 0 saturated heterocycles. The van der Waals surface area contributed by atoms with Crippen molar-refractivity contribution in [3.63, 3.8) is 0 Å². The van der Waals surface area contributed by atoms with Crippen molar-refractivity contribution >= 4 is 0 Å². The van der Waals surface area contributed by atoms with E-state index in [1.807, 2.05) is 14.0 Å². The Balaban J connectivity index is 2.00. The molecule has 1 N–H and O–H groups in total. The summed E-state index contributed by atoms with van der Waals surface area (Å²) in [5.74, 6) is 0. The van der Waals surface area contributed by atoms with Gasteiger partial charge in [0.2, 0.25) is 0 Å². The minimum Gasteiger partial charge on any atom is -0.311 e. The van der Waals surface area contributed by atoms with Crippen LogP contribution in [0, 0.1) is 6.92 Å². The summed E-state index contributed by atoms with van der Waals surface area (Å²) in [7, 11) is 2.02. The minimum atomic E-state index is 0.366. The van der Waals surface area contributed by atoms with E-state index >= 15 is 0 Å². The highest BCUT2D eigenvalue weighted by molar-refractivity contribution is 5.36. The van der Waals surface area contributed by atoms with Crippen LogP contribution in [0.2, 0.25) is 0 Å². The zero-order valence-corrected chi connectivity index (χ0v) is 10.2. The van der Waals surface area contributed by atoms with Gasteiger partial charge in [0.1, 0.15) is 0 Å². The zero-order chi connectivity index (χ0) is 11.8. The molecule has 0 amide bonds. The van der Waals surface area contributed by atoms with Crippen molar-refractivity contribution in [2.75, 3.05) is 7.05 Å². The number of fused-ring (bicyclic) bond motifs is 1. The van der Waals surface area contributed by atoms with E-state index in [0.717, 1.165) is 12.1 Å². The largest absolute Gasteiger partial charge is 0.311 e. The second-order valence-electron chi connectivity index (χ2n) is 4.67. The SMILES string of the molecule is CNC1c2ccccc2CC1n1ccc(C)n1. The fraction of sp³-hybridized carbons (Fsp3) is 0.357. The minimum absolute atomic E-state index is 0.366. The van der Waals surface area contributed by atoms with Crippen LogP contribution < -0.4 is 5.32 Å². The molecule has 17 heavy (non-hydrogen) atoms. The topological polar surface area (TPSA) is 29.9 Å². The molecule has 0 aliphatic heterocycles. The number of aryl methyl sites for hydroxylation is 1. The van der Waals surface area contributed by atoms with Gasteiger partial charge in [0, 0.05) is 6.20 Å². The molecule has 1 aromatic carbocycles. The van der Waals surface area contributed by atoms with Gasteiger partial charge < -0.3 is 5.32 Å². The van der Waals surface area contributed by atoms with Gasteiger partial charge in [-0.1, -0.05) is 24.3 Å². The van der Waals surface area contributed by atoms with Crippen molar-refractivity contribution in [3.8, 4) is 0 Å². The Kier molecular flexibility index (Phi) is 2.48. The first-order valence-corrected chi connectivity index (χ1v) is 6.06. The molecule has 1 aliphatic carbocycles. The second-order valence-corrected chi connectivity index (χ2v) is 4.67. The van der Waals surface area contributed by atoms with Crippen LogP contribution in [0.4, 0.5) is 0 Å². The Morgan fingerprint density at radius 2 is 2.12 bits per heavy atom. The molecule has 3 rings (SSSR count). The van der Waals surface area contributed by atoms with Crippen molar-refractivity contribution < 1.29 is 0 Å². The molecule has 0 spiro atoms. The lowest BCUT2D eigenvalue weighted by atomic mass is 10.1. The van der Waals surface area contributed by atoms with Gasteiger partial charge in [-0.15, -0.1) is 0 Å². The lowest BCUT2D eigenvalue weighted by Crippen LogP contribution is -2.24. The number of nitrogens with one attached hydrogen (secondary N) is 1. The van der Waals surface area contributed by atoms with Crippen molar-refractivity contribution in [3.05, 3.63) is 53.3 Å². The van der Waals surface area contributed by atoms with E-state index in [4.69, 9.17) is 0 Å². The van der Waals surface area contributed by atoms with E-state index in [0.29, 0.717) is 12.1 Å². The van der Waals surface area contributed by atoms with E-state index in [9.17, 15) is 0 Å². The van der Waals surface area contributed by atoms with Crippen LogP contribution in [0.5, 0.6) is 0 Å². The van der Waals surface area contributed by atoms with Gasteiger partial charge in [0.05, 0.1) is 17.8 Å². The van der Waals surface area contributed by atoms with Crippen LogP contribution in [0.25, 0.3) is 0 Å². The monoisotopic (exact) mass is 227 g/mol. The molecule has 1 heterocycles. The summed E-state index contributed by atoms with van der Waals surface area (Å²) in [6.07, 6.45) is 3.14. The third-order valence-corrected chi connectivity index (χ3v) is 3.60. The summed E-state index contributed by atoms with van der Waals surface area (Å²) in [4.78, 5) is 0. The number of hydrogen-bond donors (Lipinski definition) is 1. The molecule has 0 radical (unpaired) electrons. The first kappa shape index (κ1) is 10.5.